The predicted molar refractivity (Wildman–Crippen MR) is 88.6 cm³/mol. The third-order valence-electron chi connectivity index (χ3n) is 5.33. The average molecular weight is 299 g/mol. The molecule has 0 aromatic heterocycles. The molecule has 1 N–H and O–H groups in total. The Labute approximate surface area is 132 Å². The standard InChI is InChI=1S/C19H25NO2/c1-13(18-12-15-6-8-16(18)10-15)20-19(21)9-7-14-4-3-5-17(11-14)22-2/h3-5,7,9,11,13,15-16,18H,6,8,10,12H2,1-2H3,(H,20,21). The summed E-state index contributed by atoms with van der Waals surface area (Å²) in [6, 6.07) is 7.98. The molecule has 1 amide bonds. The van der Waals surface area contributed by atoms with Gasteiger partial charge in [0.25, 0.3) is 0 Å². The minimum absolute atomic E-state index is 0.00177. The van der Waals surface area contributed by atoms with Crippen LogP contribution in [-0.2, 0) is 4.79 Å². The molecule has 0 radical (unpaired) electrons. The predicted octanol–water partition coefficient (Wildman–Crippen LogP) is 3.65. The Kier molecular flexibility index (Phi) is 4.51. The van der Waals surface area contributed by atoms with Crippen molar-refractivity contribution in [1.82, 2.24) is 5.32 Å². The third kappa shape index (κ3) is 3.34. The molecule has 0 saturated heterocycles. The van der Waals surface area contributed by atoms with E-state index in [1.807, 2.05) is 30.3 Å². The van der Waals surface area contributed by atoms with E-state index in [0.717, 1.165) is 23.1 Å². The lowest BCUT2D eigenvalue weighted by molar-refractivity contribution is -0.117. The molecule has 4 atom stereocenters. The van der Waals surface area contributed by atoms with Crippen LogP contribution in [0.3, 0.4) is 0 Å². The lowest BCUT2D eigenvalue weighted by Crippen LogP contribution is -2.39. The van der Waals surface area contributed by atoms with Gasteiger partial charge in [-0.3, -0.25) is 4.79 Å². The van der Waals surface area contributed by atoms with E-state index in [-0.39, 0.29) is 11.9 Å². The van der Waals surface area contributed by atoms with Crippen molar-refractivity contribution in [2.24, 2.45) is 17.8 Å². The molecule has 1 aromatic carbocycles. The summed E-state index contributed by atoms with van der Waals surface area (Å²) in [5.41, 5.74) is 0.974. The number of carbonyl (C=O) groups is 1. The van der Waals surface area contributed by atoms with Crippen LogP contribution in [0.1, 0.15) is 38.2 Å². The maximum Gasteiger partial charge on any atom is 0.244 e. The monoisotopic (exact) mass is 299 g/mol. The Balaban J connectivity index is 1.54. The summed E-state index contributed by atoms with van der Waals surface area (Å²) in [5, 5.41) is 3.15. The maximum atomic E-state index is 12.1. The minimum Gasteiger partial charge on any atom is -0.497 e. The third-order valence-corrected chi connectivity index (χ3v) is 5.33. The Morgan fingerprint density at radius 2 is 2.23 bits per heavy atom. The van der Waals surface area contributed by atoms with Crippen molar-refractivity contribution in [3.8, 4) is 5.75 Å². The van der Waals surface area contributed by atoms with Crippen LogP contribution in [0.15, 0.2) is 30.3 Å². The van der Waals surface area contributed by atoms with Gasteiger partial charge in [0.1, 0.15) is 5.75 Å². The zero-order chi connectivity index (χ0) is 15.5. The molecular formula is C19H25NO2. The molecule has 3 heteroatoms. The van der Waals surface area contributed by atoms with Crippen LogP contribution in [0.2, 0.25) is 0 Å². The highest BCUT2D eigenvalue weighted by Gasteiger charge is 2.41. The molecule has 22 heavy (non-hydrogen) atoms. The van der Waals surface area contributed by atoms with Gasteiger partial charge in [-0.2, -0.15) is 0 Å². The first-order chi connectivity index (χ1) is 10.7. The summed E-state index contributed by atoms with van der Waals surface area (Å²) >= 11 is 0. The Bertz CT molecular complexity index is 566. The number of benzene rings is 1. The molecular weight excluding hydrogens is 274 g/mol. The van der Waals surface area contributed by atoms with Crippen molar-refractivity contribution in [2.45, 2.75) is 38.6 Å². The van der Waals surface area contributed by atoms with Crippen LogP contribution < -0.4 is 10.1 Å². The topological polar surface area (TPSA) is 38.3 Å². The van der Waals surface area contributed by atoms with E-state index < -0.39 is 0 Å². The highest BCUT2D eigenvalue weighted by Crippen LogP contribution is 2.49. The van der Waals surface area contributed by atoms with Gasteiger partial charge in [-0.1, -0.05) is 18.6 Å². The molecule has 2 saturated carbocycles. The fourth-order valence-corrected chi connectivity index (χ4v) is 4.20. The number of hydrogen-bond donors (Lipinski definition) is 1. The molecule has 0 spiro atoms. The van der Waals surface area contributed by atoms with Gasteiger partial charge in [0.2, 0.25) is 5.91 Å². The number of methoxy groups -OCH3 is 1. The molecule has 0 aliphatic heterocycles. The van der Waals surface area contributed by atoms with Gasteiger partial charge in [-0.25, -0.2) is 0 Å². The van der Waals surface area contributed by atoms with Crippen LogP contribution in [0.4, 0.5) is 0 Å². The lowest BCUT2D eigenvalue weighted by Gasteiger charge is -2.28. The number of hydrogen-bond acceptors (Lipinski definition) is 2. The largest absolute Gasteiger partial charge is 0.497 e. The second-order valence-electron chi connectivity index (χ2n) is 6.75. The Morgan fingerprint density at radius 1 is 1.36 bits per heavy atom. The minimum atomic E-state index is -0.00177. The number of amides is 1. The van der Waals surface area contributed by atoms with E-state index in [2.05, 4.69) is 12.2 Å². The van der Waals surface area contributed by atoms with Gasteiger partial charge >= 0.3 is 0 Å². The van der Waals surface area contributed by atoms with Crippen molar-refractivity contribution in [2.75, 3.05) is 7.11 Å². The van der Waals surface area contributed by atoms with Gasteiger partial charge < -0.3 is 10.1 Å². The first-order valence-corrected chi connectivity index (χ1v) is 8.28. The van der Waals surface area contributed by atoms with Crippen LogP contribution in [0.5, 0.6) is 5.75 Å². The number of nitrogens with one attached hydrogen (secondary N) is 1. The van der Waals surface area contributed by atoms with Gasteiger partial charge in [-0.05, 0) is 67.7 Å². The van der Waals surface area contributed by atoms with Crippen molar-refractivity contribution in [3.63, 3.8) is 0 Å². The lowest BCUT2D eigenvalue weighted by atomic mass is 9.84. The normalized spacial score (nSPS) is 28.0. The molecule has 3 rings (SSSR count). The van der Waals surface area contributed by atoms with Gasteiger partial charge in [0.05, 0.1) is 7.11 Å². The summed E-state index contributed by atoms with van der Waals surface area (Å²) in [6.07, 6.45) is 8.90. The zero-order valence-corrected chi connectivity index (χ0v) is 13.4. The van der Waals surface area contributed by atoms with E-state index in [1.54, 1.807) is 13.2 Å². The van der Waals surface area contributed by atoms with Crippen molar-refractivity contribution < 1.29 is 9.53 Å². The first-order valence-electron chi connectivity index (χ1n) is 8.28. The van der Waals surface area contributed by atoms with Gasteiger partial charge in [-0.15, -0.1) is 0 Å². The Morgan fingerprint density at radius 3 is 2.91 bits per heavy atom. The summed E-state index contributed by atoms with van der Waals surface area (Å²) in [4.78, 5) is 12.1. The molecule has 3 nitrogen and oxygen atoms in total. The van der Waals surface area contributed by atoms with E-state index in [1.165, 1.54) is 25.7 Å². The van der Waals surface area contributed by atoms with Gasteiger partial charge in [0.15, 0.2) is 0 Å². The average Bonchev–Trinajstić information content (AvgIpc) is 3.16. The SMILES string of the molecule is COc1cccc(C=CC(=O)NC(C)C2CC3CCC2C3)c1. The number of ether oxygens (including phenoxy) is 1. The fraction of sp³-hybridized carbons (Fsp3) is 0.526. The Hall–Kier alpha value is -1.77. The number of fused-ring (bicyclic) bond motifs is 2. The van der Waals surface area contributed by atoms with Crippen molar-refractivity contribution in [3.05, 3.63) is 35.9 Å². The number of rotatable bonds is 5. The summed E-state index contributed by atoms with van der Waals surface area (Å²) in [5.74, 6) is 3.23. The van der Waals surface area contributed by atoms with E-state index in [9.17, 15) is 4.79 Å². The summed E-state index contributed by atoms with van der Waals surface area (Å²) in [7, 11) is 1.65. The van der Waals surface area contributed by atoms with E-state index >= 15 is 0 Å². The van der Waals surface area contributed by atoms with Crippen LogP contribution >= 0.6 is 0 Å². The maximum absolute atomic E-state index is 12.1. The quantitative estimate of drug-likeness (QED) is 0.843. The van der Waals surface area contributed by atoms with Crippen LogP contribution in [-0.4, -0.2) is 19.1 Å². The fourth-order valence-electron chi connectivity index (χ4n) is 4.20. The smallest absolute Gasteiger partial charge is 0.244 e. The molecule has 4 unspecified atom stereocenters. The molecule has 0 heterocycles. The first kappa shape index (κ1) is 15.1. The zero-order valence-electron chi connectivity index (χ0n) is 13.4. The van der Waals surface area contributed by atoms with Crippen molar-refractivity contribution in [1.29, 1.82) is 0 Å². The summed E-state index contributed by atoms with van der Waals surface area (Å²) < 4.78 is 5.19. The molecule has 2 fully saturated rings. The second kappa shape index (κ2) is 6.55. The highest BCUT2D eigenvalue weighted by molar-refractivity contribution is 5.91. The van der Waals surface area contributed by atoms with Gasteiger partial charge in [0, 0.05) is 12.1 Å². The van der Waals surface area contributed by atoms with Crippen LogP contribution in [0.25, 0.3) is 6.08 Å². The summed E-state index contributed by atoms with van der Waals surface area (Å²) in [6.45, 7) is 2.16. The molecule has 2 aliphatic carbocycles. The highest BCUT2D eigenvalue weighted by atomic mass is 16.5. The van der Waals surface area contributed by atoms with E-state index in [0.29, 0.717) is 5.92 Å². The van der Waals surface area contributed by atoms with Crippen LogP contribution in [0, 0.1) is 17.8 Å². The molecule has 2 bridgehead atoms. The van der Waals surface area contributed by atoms with E-state index in [4.69, 9.17) is 4.74 Å². The molecule has 2 aliphatic rings. The van der Waals surface area contributed by atoms with Crippen molar-refractivity contribution >= 4 is 12.0 Å². The number of carbonyl (C=O) groups excluding carboxylic acids is 1. The molecule has 1 aromatic rings. The second-order valence-corrected chi connectivity index (χ2v) is 6.75. The molecule has 118 valence electrons.